The maximum absolute atomic E-state index is 9.37. The van der Waals surface area contributed by atoms with Gasteiger partial charge in [0.25, 0.3) is 0 Å². The van der Waals surface area contributed by atoms with E-state index in [1.54, 1.807) is 0 Å². The lowest BCUT2D eigenvalue weighted by molar-refractivity contribution is 0.167. The largest absolute Gasteiger partial charge is 0.491 e. The lowest BCUT2D eigenvalue weighted by Crippen LogP contribution is -2.27. The Kier molecular flexibility index (Phi) is 4.21. The first kappa shape index (κ1) is 11.9. The number of ether oxygens (including phenoxy) is 1. The topological polar surface area (TPSA) is 32.7 Å². The first-order valence-corrected chi connectivity index (χ1v) is 6.33. The number of β-amino-alcohol motifs (C(OH)–C–C–N with tert-alkyl or cyclic N) is 1. The van der Waals surface area contributed by atoms with Crippen molar-refractivity contribution in [3.63, 3.8) is 0 Å². The molecule has 1 aliphatic heterocycles. The number of hydrogen-bond donors (Lipinski definition) is 1. The number of halogens is 1. The molecule has 0 saturated carbocycles. The van der Waals surface area contributed by atoms with Gasteiger partial charge in [-0.15, -0.1) is 0 Å². The Labute approximate surface area is 104 Å². The molecule has 1 aromatic rings. The average molecular weight is 286 g/mol. The van der Waals surface area contributed by atoms with Gasteiger partial charge < -0.3 is 9.84 Å². The number of benzene rings is 1. The van der Waals surface area contributed by atoms with Gasteiger partial charge >= 0.3 is 0 Å². The highest BCUT2D eigenvalue weighted by Gasteiger charge is 2.19. The van der Waals surface area contributed by atoms with Crippen LogP contribution in [0.3, 0.4) is 0 Å². The van der Waals surface area contributed by atoms with Crippen LogP contribution >= 0.6 is 15.9 Å². The normalized spacial score (nSPS) is 21.2. The molecule has 88 valence electrons. The van der Waals surface area contributed by atoms with Gasteiger partial charge in [0.1, 0.15) is 12.4 Å². The molecule has 0 aliphatic carbocycles. The number of rotatable bonds is 4. The molecular weight excluding hydrogens is 270 g/mol. The maximum Gasteiger partial charge on any atom is 0.133 e. The quantitative estimate of drug-likeness (QED) is 0.917. The number of likely N-dealkylation sites (tertiary alicyclic amines) is 1. The summed E-state index contributed by atoms with van der Waals surface area (Å²) in [7, 11) is 0. The third-order valence-corrected chi connectivity index (χ3v) is 3.40. The van der Waals surface area contributed by atoms with Crippen LogP contribution in [0.4, 0.5) is 0 Å². The zero-order valence-electron chi connectivity index (χ0n) is 9.10. The zero-order chi connectivity index (χ0) is 11.4. The standard InChI is InChI=1S/C12H16BrNO2/c13-11-3-1-2-4-12(11)16-8-7-14-6-5-10(15)9-14/h1-4,10,15H,5-9H2/t10-/m0/s1. The van der Waals surface area contributed by atoms with Gasteiger partial charge in [0.05, 0.1) is 10.6 Å². The minimum absolute atomic E-state index is 0.150. The van der Waals surface area contributed by atoms with Crippen LogP contribution in [0.15, 0.2) is 28.7 Å². The van der Waals surface area contributed by atoms with Gasteiger partial charge in [0.15, 0.2) is 0 Å². The summed E-state index contributed by atoms with van der Waals surface area (Å²) >= 11 is 3.44. The van der Waals surface area contributed by atoms with Crippen molar-refractivity contribution in [2.45, 2.75) is 12.5 Å². The van der Waals surface area contributed by atoms with E-state index in [2.05, 4.69) is 20.8 Å². The molecule has 0 unspecified atom stereocenters. The summed E-state index contributed by atoms with van der Waals surface area (Å²) in [5.74, 6) is 0.877. The molecule has 1 N–H and O–H groups in total. The minimum Gasteiger partial charge on any atom is -0.491 e. The van der Waals surface area contributed by atoms with Crippen molar-refractivity contribution in [2.24, 2.45) is 0 Å². The summed E-state index contributed by atoms with van der Waals surface area (Å²) in [6.07, 6.45) is 0.734. The molecule has 16 heavy (non-hydrogen) atoms. The fourth-order valence-electron chi connectivity index (χ4n) is 1.86. The summed E-state index contributed by atoms with van der Waals surface area (Å²) in [6.45, 7) is 3.29. The van der Waals surface area contributed by atoms with Gasteiger partial charge in [-0.3, -0.25) is 4.90 Å². The first-order chi connectivity index (χ1) is 7.75. The van der Waals surface area contributed by atoms with E-state index in [-0.39, 0.29) is 6.10 Å². The van der Waals surface area contributed by atoms with Crippen molar-refractivity contribution in [3.8, 4) is 5.75 Å². The van der Waals surface area contributed by atoms with Crippen molar-refractivity contribution in [1.82, 2.24) is 4.90 Å². The highest BCUT2D eigenvalue weighted by atomic mass is 79.9. The summed E-state index contributed by atoms with van der Waals surface area (Å²) < 4.78 is 6.65. The minimum atomic E-state index is -0.150. The molecule has 0 aromatic heterocycles. The number of nitrogens with zero attached hydrogens (tertiary/aromatic N) is 1. The summed E-state index contributed by atoms with van der Waals surface area (Å²) in [5.41, 5.74) is 0. The molecule has 4 heteroatoms. The van der Waals surface area contributed by atoms with Crippen LogP contribution in [-0.4, -0.2) is 42.4 Å². The van der Waals surface area contributed by atoms with Gasteiger partial charge in [-0.2, -0.15) is 0 Å². The molecule has 1 fully saturated rings. The number of aliphatic hydroxyl groups is 1. The number of hydrogen-bond acceptors (Lipinski definition) is 3. The van der Waals surface area contributed by atoms with Crippen molar-refractivity contribution in [3.05, 3.63) is 28.7 Å². The van der Waals surface area contributed by atoms with Crippen LogP contribution in [0, 0.1) is 0 Å². The Morgan fingerprint density at radius 2 is 2.25 bits per heavy atom. The van der Waals surface area contributed by atoms with Crippen molar-refractivity contribution in [1.29, 1.82) is 0 Å². The van der Waals surface area contributed by atoms with Gasteiger partial charge in [-0.25, -0.2) is 0 Å². The van der Waals surface area contributed by atoms with E-state index < -0.39 is 0 Å². The number of aliphatic hydroxyl groups excluding tert-OH is 1. The Balaban J connectivity index is 1.74. The van der Waals surface area contributed by atoms with Crippen molar-refractivity contribution < 1.29 is 9.84 Å². The molecule has 0 radical (unpaired) electrons. The Hall–Kier alpha value is -0.580. The molecule has 0 bridgehead atoms. The van der Waals surface area contributed by atoms with E-state index in [1.807, 2.05) is 24.3 Å². The van der Waals surface area contributed by atoms with Crippen LogP contribution < -0.4 is 4.74 Å². The Morgan fingerprint density at radius 1 is 1.44 bits per heavy atom. The third kappa shape index (κ3) is 3.20. The van der Waals surface area contributed by atoms with E-state index in [1.165, 1.54) is 0 Å². The molecule has 2 rings (SSSR count). The van der Waals surface area contributed by atoms with Crippen LogP contribution in [0.5, 0.6) is 5.75 Å². The van der Waals surface area contributed by atoms with Crippen LogP contribution in [0.25, 0.3) is 0 Å². The molecule has 1 aliphatic rings. The second-order valence-corrected chi connectivity index (χ2v) is 4.88. The molecule has 1 aromatic carbocycles. The van der Waals surface area contributed by atoms with Crippen LogP contribution in [-0.2, 0) is 0 Å². The van der Waals surface area contributed by atoms with Gasteiger partial charge in [-0.05, 0) is 34.5 Å². The smallest absolute Gasteiger partial charge is 0.133 e. The van der Waals surface area contributed by atoms with Crippen LogP contribution in [0.2, 0.25) is 0 Å². The molecule has 1 atom stereocenters. The fraction of sp³-hybridized carbons (Fsp3) is 0.500. The zero-order valence-corrected chi connectivity index (χ0v) is 10.7. The molecular formula is C12H16BrNO2. The third-order valence-electron chi connectivity index (χ3n) is 2.75. The number of para-hydroxylation sites is 1. The second kappa shape index (κ2) is 5.66. The van der Waals surface area contributed by atoms with Crippen molar-refractivity contribution >= 4 is 15.9 Å². The Bertz CT molecular complexity index is 346. The SMILES string of the molecule is O[C@H]1CCN(CCOc2ccccc2Br)C1. The molecule has 1 heterocycles. The fourth-order valence-corrected chi connectivity index (χ4v) is 2.26. The van der Waals surface area contributed by atoms with Gasteiger partial charge in [-0.1, -0.05) is 12.1 Å². The van der Waals surface area contributed by atoms with Gasteiger partial charge in [0, 0.05) is 19.6 Å². The highest BCUT2D eigenvalue weighted by molar-refractivity contribution is 9.10. The molecule has 3 nitrogen and oxygen atoms in total. The van der Waals surface area contributed by atoms with E-state index in [4.69, 9.17) is 4.74 Å². The lowest BCUT2D eigenvalue weighted by atomic mass is 10.3. The monoisotopic (exact) mass is 285 g/mol. The first-order valence-electron chi connectivity index (χ1n) is 5.53. The summed E-state index contributed by atoms with van der Waals surface area (Å²) in [6, 6.07) is 7.84. The van der Waals surface area contributed by atoms with E-state index >= 15 is 0 Å². The Morgan fingerprint density at radius 3 is 2.94 bits per heavy atom. The van der Waals surface area contributed by atoms with E-state index in [9.17, 15) is 5.11 Å². The lowest BCUT2D eigenvalue weighted by Gasteiger charge is -2.15. The van der Waals surface area contributed by atoms with Crippen molar-refractivity contribution in [2.75, 3.05) is 26.2 Å². The molecule has 1 saturated heterocycles. The van der Waals surface area contributed by atoms with Crippen LogP contribution in [0.1, 0.15) is 6.42 Å². The molecule has 0 spiro atoms. The highest BCUT2D eigenvalue weighted by Crippen LogP contribution is 2.23. The van der Waals surface area contributed by atoms with E-state index in [0.29, 0.717) is 6.61 Å². The predicted molar refractivity (Wildman–Crippen MR) is 66.7 cm³/mol. The average Bonchev–Trinajstić information content (AvgIpc) is 2.67. The van der Waals surface area contributed by atoms with E-state index in [0.717, 1.165) is 36.3 Å². The maximum atomic E-state index is 9.37. The second-order valence-electron chi connectivity index (χ2n) is 4.02. The summed E-state index contributed by atoms with van der Waals surface area (Å²) in [4.78, 5) is 2.22. The summed E-state index contributed by atoms with van der Waals surface area (Å²) in [5, 5.41) is 9.37. The van der Waals surface area contributed by atoms with Gasteiger partial charge in [0.2, 0.25) is 0 Å². The molecule has 0 amide bonds. The predicted octanol–water partition coefficient (Wildman–Crippen LogP) is 1.89.